The molecule has 1 N–H and O–H groups in total. The molecule has 0 aromatic heterocycles. The fourth-order valence-corrected chi connectivity index (χ4v) is 2.84. The number of hydrogen-bond acceptors (Lipinski definition) is 1. The van der Waals surface area contributed by atoms with E-state index < -0.39 is 0 Å². The van der Waals surface area contributed by atoms with E-state index in [1.165, 1.54) is 18.4 Å². The molecule has 0 bridgehead atoms. The molecule has 1 nitrogen and oxygen atoms in total. The van der Waals surface area contributed by atoms with E-state index in [9.17, 15) is 0 Å². The third-order valence-electron chi connectivity index (χ3n) is 3.68. The van der Waals surface area contributed by atoms with Crippen molar-refractivity contribution in [1.82, 2.24) is 5.32 Å². The van der Waals surface area contributed by atoms with Gasteiger partial charge in [0.05, 0.1) is 10.0 Å². The molecular formula is C13H17Cl2N. The monoisotopic (exact) mass is 257 g/mol. The number of hydrogen-bond donors (Lipinski definition) is 1. The van der Waals surface area contributed by atoms with Crippen LogP contribution in [-0.2, 0) is 5.41 Å². The van der Waals surface area contributed by atoms with Gasteiger partial charge in [0.25, 0.3) is 0 Å². The summed E-state index contributed by atoms with van der Waals surface area (Å²) in [5.74, 6) is 0. The second-order valence-corrected chi connectivity index (χ2v) is 5.36. The Balaban J connectivity index is 2.35. The molecule has 1 saturated heterocycles. The normalized spacial score (nSPS) is 25.7. The average Bonchev–Trinajstić information content (AvgIpc) is 2.33. The SMILES string of the molecule is CCC1(c2ccc(Cl)c(Cl)c2)CCCNC1. The minimum atomic E-state index is 0.243. The summed E-state index contributed by atoms with van der Waals surface area (Å²) in [6, 6.07) is 6.05. The molecule has 0 radical (unpaired) electrons. The van der Waals surface area contributed by atoms with Gasteiger partial charge in [0.1, 0.15) is 0 Å². The first kappa shape index (κ1) is 12.2. The Morgan fingerprint density at radius 3 is 2.69 bits per heavy atom. The zero-order valence-corrected chi connectivity index (χ0v) is 11.0. The summed E-state index contributed by atoms with van der Waals surface area (Å²) in [5.41, 5.74) is 1.56. The number of halogens is 2. The lowest BCUT2D eigenvalue weighted by molar-refractivity contribution is 0.303. The predicted octanol–water partition coefficient (Wildman–Crippen LogP) is 4.02. The van der Waals surface area contributed by atoms with Crippen molar-refractivity contribution in [1.29, 1.82) is 0 Å². The Morgan fingerprint density at radius 1 is 1.31 bits per heavy atom. The first-order chi connectivity index (χ1) is 7.68. The Hall–Kier alpha value is -0.240. The van der Waals surface area contributed by atoms with Gasteiger partial charge in [-0.2, -0.15) is 0 Å². The third-order valence-corrected chi connectivity index (χ3v) is 4.42. The maximum absolute atomic E-state index is 6.10. The van der Waals surface area contributed by atoms with Gasteiger partial charge in [-0.25, -0.2) is 0 Å². The van der Waals surface area contributed by atoms with Crippen LogP contribution in [0.5, 0.6) is 0 Å². The van der Waals surface area contributed by atoms with Gasteiger partial charge in [-0.15, -0.1) is 0 Å². The van der Waals surface area contributed by atoms with Crippen LogP contribution in [0.4, 0.5) is 0 Å². The van der Waals surface area contributed by atoms with E-state index in [4.69, 9.17) is 23.2 Å². The molecule has 2 rings (SSSR count). The highest BCUT2D eigenvalue weighted by Crippen LogP contribution is 2.37. The van der Waals surface area contributed by atoms with Crippen LogP contribution in [0.3, 0.4) is 0 Å². The molecule has 1 unspecified atom stereocenters. The van der Waals surface area contributed by atoms with Gasteiger partial charge >= 0.3 is 0 Å². The Morgan fingerprint density at radius 2 is 2.12 bits per heavy atom. The van der Waals surface area contributed by atoms with Crippen molar-refractivity contribution < 1.29 is 0 Å². The van der Waals surface area contributed by atoms with Gasteiger partial charge in [0.2, 0.25) is 0 Å². The van der Waals surface area contributed by atoms with Crippen molar-refractivity contribution in [3.8, 4) is 0 Å². The maximum atomic E-state index is 6.10. The van der Waals surface area contributed by atoms with Crippen molar-refractivity contribution in [2.75, 3.05) is 13.1 Å². The van der Waals surface area contributed by atoms with Crippen LogP contribution >= 0.6 is 23.2 Å². The highest BCUT2D eigenvalue weighted by Gasteiger charge is 2.32. The molecule has 0 saturated carbocycles. The van der Waals surface area contributed by atoms with E-state index in [1.54, 1.807) is 0 Å². The quantitative estimate of drug-likeness (QED) is 0.844. The van der Waals surface area contributed by atoms with Crippen LogP contribution in [0, 0.1) is 0 Å². The standard InChI is InChI=1S/C13H17Cl2N/c1-2-13(6-3-7-16-9-13)10-4-5-11(14)12(15)8-10/h4-5,8,16H,2-3,6-7,9H2,1H3. The van der Waals surface area contributed by atoms with Crippen molar-refractivity contribution in [3.05, 3.63) is 33.8 Å². The summed E-state index contributed by atoms with van der Waals surface area (Å²) >= 11 is 12.1. The summed E-state index contributed by atoms with van der Waals surface area (Å²) in [4.78, 5) is 0. The maximum Gasteiger partial charge on any atom is 0.0595 e. The Labute approximate surface area is 107 Å². The highest BCUT2D eigenvalue weighted by atomic mass is 35.5. The van der Waals surface area contributed by atoms with Crippen molar-refractivity contribution >= 4 is 23.2 Å². The molecule has 88 valence electrons. The van der Waals surface area contributed by atoms with E-state index in [-0.39, 0.29) is 5.41 Å². The van der Waals surface area contributed by atoms with Gasteiger partial charge in [-0.05, 0) is 43.5 Å². The van der Waals surface area contributed by atoms with Crippen LogP contribution in [0.15, 0.2) is 18.2 Å². The zero-order chi connectivity index (χ0) is 11.6. The summed E-state index contributed by atoms with van der Waals surface area (Å²) in [5, 5.41) is 4.79. The molecule has 1 aliphatic heterocycles. The molecule has 16 heavy (non-hydrogen) atoms. The topological polar surface area (TPSA) is 12.0 Å². The van der Waals surface area contributed by atoms with Crippen LogP contribution in [-0.4, -0.2) is 13.1 Å². The third kappa shape index (κ3) is 2.22. The highest BCUT2D eigenvalue weighted by molar-refractivity contribution is 6.42. The molecule has 0 spiro atoms. The summed E-state index contributed by atoms with van der Waals surface area (Å²) in [6.07, 6.45) is 3.60. The zero-order valence-electron chi connectivity index (χ0n) is 9.52. The number of nitrogens with one attached hydrogen (secondary N) is 1. The molecule has 1 fully saturated rings. The Bertz CT molecular complexity index is 370. The lowest BCUT2D eigenvalue weighted by atomic mass is 9.73. The molecule has 1 heterocycles. The summed E-state index contributed by atoms with van der Waals surface area (Å²) < 4.78 is 0. The fourth-order valence-electron chi connectivity index (χ4n) is 2.55. The average molecular weight is 258 g/mol. The molecule has 0 aliphatic carbocycles. The van der Waals surface area contributed by atoms with Crippen LogP contribution in [0.25, 0.3) is 0 Å². The van der Waals surface area contributed by atoms with E-state index in [2.05, 4.69) is 18.3 Å². The van der Waals surface area contributed by atoms with Gasteiger partial charge in [0.15, 0.2) is 0 Å². The lowest BCUT2D eigenvalue weighted by Crippen LogP contribution is -2.42. The smallest absolute Gasteiger partial charge is 0.0595 e. The van der Waals surface area contributed by atoms with Crippen LogP contribution in [0.1, 0.15) is 31.7 Å². The van der Waals surface area contributed by atoms with E-state index in [1.807, 2.05) is 12.1 Å². The Kier molecular flexibility index (Phi) is 3.78. The fraction of sp³-hybridized carbons (Fsp3) is 0.538. The first-order valence-corrected chi connectivity index (χ1v) is 6.60. The number of piperidine rings is 1. The first-order valence-electron chi connectivity index (χ1n) is 5.84. The van der Waals surface area contributed by atoms with Crippen molar-refractivity contribution in [3.63, 3.8) is 0 Å². The largest absolute Gasteiger partial charge is 0.316 e. The summed E-state index contributed by atoms with van der Waals surface area (Å²) in [6.45, 7) is 4.42. The summed E-state index contributed by atoms with van der Waals surface area (Å²) in [7, 11) is 0. The second kappa shape index (κ2) is 4.95. The predicted molar refractivity (Wildman–Crippen MR) is 70.5 cm³/mol. The van der Waals surface area contributed by atoms with Crippen molar-refractivity contribution in [2.24, 2.45) is 0 Å². The molecule has 1 aromatic carbocycles. The van der Waals surface area contributed by atoms with Crippen LogP contribution in [0.2, 0.25) is 10.0 Å². The van der Waals surface area contributed by atoms with Gasteiger partial charge in [-0.3, -0.25) is 0 Å². The van der Waals surface area contributed by atoms with Gasteiger partial charge in [0, 0.05) is 12.0 Å². The van der Waals surface area contributed by atoms with E-state index in [0.29, 0.717) is 10.0 Å². The molecule has 1 aromatic rings. The van der Waals surface area contributed by atoms with Gasteiger partial charge in [-0.1, -0.05) is 36.2 Å². The number of benzene rings is 1. The second-order valence-electron chi connectivity index (χ2n) is 4.54. The molecule has 0 amide bonds. The van der Waals surface area contributed by atoms with Crippen molar-refractivity contribution in [2.45, 2.75) is 31.6 Å². The molecule has 1 atom stereocenters. The molecule has 3 heteroatoms. The van der Waals surface area contributed by atoms with Gasteiger partial charge < -0.3 is 5.32 Å². The molecule has 1 aliphatic rings. The number of rotatable bonds is 2. The van der Waals surface area contributed by atoms with E-state index in [0.717, 1.165) is 19.5 Å². The minimum Gasteiger partial charge on any atom is -0.316 e. The molecular weight excluding hydrogens is 241 g/mol. The minimum absolute atomic E-state index is 0.243. The van der Waals surface area contributed by atoms with E-state index >= 15 is 0 Å². The van der Waals surface area contributed by atoms with Crippen LogP contribution < -0.4 is 5.32 Å². The lowest BCUT2D eigenvalue weighted by Gasteiger charge is -2.37.